The zero-order chi connectivity index (χ0) is 8.27. The van der Waals surface area contributed by atoms with Gasteiger partial charge in [-0.3, -0.25) is 0 Å². The van der Waals surface area contributed by atoms with Gasteiger partial charge in [-0.25, -0.2) is 4.79 Å². The highest BCUT2D eigenvalue weighted by molar-refractivity contribution is 7.14. The fourth-order valence-corrected chi connectivity index (χ4v) is 1.50. The Labute approximate surface area is 70.6 Å². The number of ether oxygens (including phenoxy) is 1. The van der Waals surface area contributed by atoms with Crippen molar-refractivity contribution in [3.05, 3.63) is 21.9 Å². The molecule has 0 aromatic carbocycles. The molecule has 0 saturated heterocycles. The van der Waals surface area contributed by atoms with Gasteiger partial charge in [0, 0.05) is 0 Å². The van der Waals surface area contributed by atoms with E-state index in [-0.39, 0.29) is 5.97 Å². The highest BCUT2D eigenvalue weighted by Gasteiger charge is 2.06. The average molecular weight is 166 g/mol. The molecular weight excluding hydrogens is 159 g/mol. The van der Waals surface area contributed by atoms with Gasteiger partial charge >= 0.3 is 5.97 Å². The molecule has 0 saturated carbocycles. The van der Waals surface area contributed by atoms with E-state index >= 15 is 0 Å². The molecule has 0 unspecified atom stereocenters. The summed E-state index contributed by atoms with van der Waals surface area (Å²) >= 11 is 1.37. The Kier molecular flexibility index (Phi) is 2.71. The SMILES string of the molecule is [B]Cc1ccc(C(=O)OC)s1. The summed E-state index contributed by atoms with van der Waals surface area (Å²) < 4.78 is 4.52. The molecule has 0 aliphatic rings. The number of esters is 1. The smallest absolute Gasteiger partial charge is 0.348 e. The molecule has 1 aromatic rings. The minimum Gasteiger partial charge on any atom is -0.465 e. The average Bonchev–Trinajstić information content (AvgIpc) is 2.50. The second-order valence-electron chi connectivity index (χ2n) is 1.96. The third kappa shape index (κ3) is 1.83. The third-order valence-electron chi connectivity index (χ3n) is 1.25. The van der Waals surface area contributed by atoms with Crippen molar-refractivity contribution in [2.24, 2.45) is 0 Å². The first-order chi connectivity index (χ1) is 5.27. The molecule has 1 aromatic heterocycles. The summed E-state index contributed by atoms with van der Waals surface area (Å²) in [5.74, 6) is -0.297. The first-order valence-electron chi connectivity index (χ1n) is 3.15. The van der Waals surface area contributed by atoms with Crippen molar-refractivity contribution in [2.75, 3.05) is 7.11 Å². The Morgan fingerprint density at radius 2 is 2.45 bits per heavy atom. The Bertz CT molecular complexity index is 257. The van der Waals surface area contributed by atoms with Crippen molar-refractivity contribution in [3.63, 3.8) is 0 Å². The summed E-state index contributed by atoms with van der Waals surface area (Å²) in [6.45, 7) is 0. The lowest BCUT2D eigenvalue weighted by Crippen LogP contribution is -1.96. The molecule has 11 heavy (non-hydrogen) atoms. The predicted molar refractivity (Wildman–Crippen MR) is 45.1 cm³/mol. The highest BCUT2D eigenvalue weighted by Crippen LogP contribution is 2.16. The molecule has 2 radical (unpaired) electrons. The van der Waals surface area contributed by atoms with E-state index in [4.69, 9.17) is 7.85 Å². The first kappa shape index (κ1) is 8.33. The molecule has 0 amide bonds. The number of carbonyl (C=O) groups is 1. The second kappa shape index (κ2) is 3.58. The van der Waals surface area contributed by atoms with Crippen molar-refractivity contribution >= 4 is 25.2 Å². The Hall–Kier alpha value is -0.765. The molecule has 0 aliphatic heterocycles. The lowest BCUT2D eigenvalue weighted by molar-refractivity contribution is 0.0606. The van der Waals surface area contributed by atoms with E-state index in [1.807, 2.05) is 6.07 Å². The van der Waals surface area contributed by atoms with Gasteiger partial charge in [-0.1, -0.05) is 6.32 Å². The number of hydrogen-bond acceptors (Lipinski definition) is 3. The van der Waals surface area contributed by atoms with E-state index in [1.54, 1.807) is 6.07 Å². The number of hydrogen-bond donors (Lipinski definition) is 0. The van der Waals surface area contributed by atoms with Gasteiger partial charge in [-0.05, 0) is 17.0 Å². The molecule has 4 heteroatoms. The number of thiophene rings is 1. The van der Waals surface area contributed by atoms with E-state index in [9.17, 15) is 4.79 Å². The summed E-state index contributed by atoms with van der Waals surface area (Å²) in [6, 6.07) is 3.55. The molecule has 0 aliphatic carbocycles. The van der Waals surface area contributed by atoms with Crippen molar-refractivity contribution in [1.29, 1.82) is 0 Å². The largest absolute Gasteiger partial charge is 0.465 e. The zero-order valence-electron chi connectivity index (χ0n) is 6.16. The summed E-state index contributed by atoms with van der Waals surface area (Å²) in [5, 5.41) is 0. The summed E-state index contributed by atoms with van der Waals surface area (Å²) in [7, 11) is 6.73. The monoisotopic (exact) mass is 166 g/mol. The van der Waals surface area contributed by atoms with Gasteiger partial charge < -0.3 is 4.74 Å². The highest BCUT2D eigenvalue weighted by atomic mass is 32.1. The molecule has 0 N–H and O–H groups in total. The van der Waals surface area contributed by atoms with Gasteiger partial charge in [-0.2, -0.15) is 0 Å². The van der Waals surface area contributed by atoms with E-state index in [1.165, 1.54) is 18.4 Å². The zero-order valence-corrected chi connectivity index (χ0v) is 6.98. The number of rotatable bonds is 2. The third-order valence-corrected chi connectivity index (χ3v) is 2.34. The molecule has 0 atom stereocenters. The Morgan fingerprint density at radius 3 is 2.91 bits per heavy atom. The predicted octanol–water partition coefficient (Wildman–Crippen LogP) is 1.20. The minimum absolute atomic E-state index is 0.297. The van der Waals surface area contributed by atoms with Crippen molar-refractivity contribution in [1.82, 2.24) is 0 Å². The van der Waals surface area contributed by atoms with Crippen LogP contribution in [-0.2, 0) is 11.1 Å². The van der Waals surface area contributed by atoms with Crippen LogP contribution in [0.25, 0.3) is 0 Å². The van der Waals surface area contributed by atoms with E-state index in [2.05, 4.69) is 4.74 Å². The summed E-state index contributed by atoms with van der Waals surface area (Å²) in [5.41, 5.74) is 0. The fraction of sp³-hybridized carbons (Fsp3) is 0.286. The van der Waals surface area contributed by atoms with Crippen LogP contribution >= 0.6 is 11.3 Å². The van der Waals surface area contributed by atoms with E-state index in [0.29, 0.717) is 11.2 Å². The molecule has 1 heterocycles. The van der Waals surface area contributed by atoms with Crippen LogP contribution in [0.2, 0.25) is 0 Å². The van der Waals surface area contributed by atoms with Crippen molar-refractivity contribution in [3.8, 4) is 0 Å². The quantitative estimate of drug-likeness (QED) is 0.487. The van der Waals surface area contributed by atoms with Gasteiger partial charge in [0.05, 0.1) is 15.0 Å². The summed E-state index contributed by atoms with van der Waals surface area (Å²) in [6.07, 6.45) is 0.474. The van der Waals surface area contributed by atoms with E-state index < -0.39 is 0 Å². The normalized spacial score (nSPS) is 9.55. The summed E-state index contributed by atoms with van der Waals surface area (Å²) in [4.78, 5) is 12.5. The van der Waals surface area contributed by atoms with Crippen LogP contribution in [0.3, 0.4) is 0 Å². The van der Waals surface area contributed by atoms with Crippen LogP contribution in [-0.4, -0.2) is 20.9 Å². The van der Waals surface area contributed by atoms with Crippen LogP contribution in [0.5, 0.6) is 0 Å². The Morgan fingerprint density at radius 1 is 1.73 bits per heavy atom. The molecule has 0 spiro atoms. The first-order valence-corrected chi connectivity index (χ1v) is 3.96. The van der Waals surface area contributed by atoms with Crippen LogP contribution in [0, 0.1) is 0 Å². The van der Waals surface area contributed by atoms with Crippen molar-refractivity contribution < 1.29 is 9.53 Å². The molecule has 0 bridgehead atoms. The maximum atomic E-state index is 10.9. The van der Waals surface area contributed by atoms with E-state index in [0.717, 1.165) is 4.88 Å². The molecule has 0 fully saturated rings. The molecule has 2 nitrogen and oxygen atoms in total. The molecule has 56 valence electrons. The van der Waals surface area contributed by atoms with Crippen LogP contribution in [0.15, 0.2) is 12.1 Å². The topological polar surface area (TPSA) is 26.3 Å². The second-order valence-corrected chi connectivity index (χ2v) is 3.13. The van der Waals surface area contributed by atoms with Gasteiger partial charge in [0.15, 0.2) is 0 Å². The maximum Gasteiger partial charge on any atom is 0.348 e. The van der Waals surface area contributed by atoms with Gasteiger partial charge in [0.25, 0.3) is 0 Å². The van der Waals surface area contributed by atoms with Crippen LogP contribution in [0.1, 0.15) is 14.5 Å². The van der Waals surface area contributed by atoms with Gasteiger partial charge in [-0.15, -0.1) is 11.3 Å². The fourth-order valence-electron chi connectivity index (χ4n) is 0.698. The van der Waals surface area contributed by atoms with Crippen LogP contribution in [0.4, 0.5) is 0 Å². The maximum absolute atomic E-state index is 10.9. The lowest BCUT2D eigenvalue weighted by atomic mass is 10.0. The standard InChI is InChI=1S/C7H7BO2S/c1-10-7(9)6-3-2-5(4-8)11-6/h2-3H,4H2,1H3. The number of carbonyl (C=O) groups excluding carboxylic acids is 1. The molecule has 1 rings (SSSR count). The minimum atomic E-state index is -0.297. The van der Waals surface area contributed by atoms with Gasteiger partial charge in [0.2, 0.25) is 0 Å². The Balaban J connectivity index is 2.80. The van der Waals surface area contributed by atoms with Crippen molar-refractivity contribution in [2.45, 2.75) is 6.32 Å². The molecular formula is C7H7BO2S. The van der Waals surface area contributed by atoms with Crippen LogP contribution < -0.4 is 0 Å². The van der Waals surface area contributed by atoms with Gasteiger partial charge in [0.1, 0.15) is 4.88 Å². The number of methoxy groups -OCH3 is 1. The lowest BCUT2D eigenvalue weighted by Gasteiger charge is -1.91.